The van der Waals surface area contributed by atoms with Crippen LogP contribution < -0.4 is 0 Å². The third kappa shape index (κ3) is 4.80. The molecule has 5 rings (SSSR count). The van der Waals surface area contributed by atoms with Gasteiger partial charge in [0.05, 0.1) is 5.76 Å². The summed E-state index contributed by atoms with van der Waals surface area (Å²) < 4.78 is 5.78. The molecule has 5 heteroatoms. The average Bonchev–Trinajstić information content (AvgIpc) is 3.13. The van der Waals surface area contributed by atoms with E-state index in [0.29, 0.717) is 0 Å². The van der Waals surface area contributed by atoms with Crippen LogP contribution in [0.1, 0.15) is 19.6 Å². The number of nitrogens with zero attached hydrogens (tertiary/aromatic N) is 1. The fourth-order valence-corrected chi connectivity index (χ4v) is 3.74. The molecule has 0 aliphatic carbocycles. The van der Waals surface area contributed by atoms with Crippen LogP contribution in [0, 0.1) is 13.0 Å². The van der Waals surface area contributed by atoms with E-state index in [2.05, 4.69) is 59.6 Å². The number of benzene rings is 3. The van der Waals surface area contributed by atoms with E-state index in [-0.39, 0.29) is 31.6 Å². The Balaban J connectivity index is 0.000000318. The monoisotopic (exact) mass is 601 g/mol. The summed E-state index contributed by atoms with van der Waals surface area (Å²) in [6, 6.07) is 24.4. The Morgan fingerprint density at radius 3 is 2.28 bits per heavy atom. The first-order chi connectivity index (χ1) is 14.9. The summed E-state index contributed by atoms with van der Waals surface area (Å²) >= 11 is 0. The summed E-state index contributed by atoms with van der Waals surface area (Å²) in [6.45, 7) is 4.81. The molecule has 5 aromatic rings. The number of carbonyl (C=O) groups excluding carboxylic acids is 1. The summed E-state index contributed by atoms with van der Waals surface area (Å²) in [5.41, 5.74) is 2.81. The Labute approximate surface area is 199 Å². The van der Waals surface area contributed by atoms with Gasteiger partial charge in [-0.25, -0.2) is 0 Å². The second kappa shape index (κ2) is 9.90. The molecule has 2 aromatic heterocycles. The predicted octanol–water partition coefficient (Wildman–Crippen LogP) is 6.94. The quantitative estimate of drug-likeness (QED) is 0.103. The van der Waals surface area contributed by atoms with Crippen molar-refractivity contribution in [1.29, 1.82) is 0 Å². The van der Waals surface area contributed by atoms with Crippen LogP contribution >= 0.6 is 0 Å². The fourth-order valence-electron chi connectivity index (χ4n) is 3.74. The topological polar surface area (TPSA) is 63.3 Å². The summed E-state index contributed by atoms with van der Waals surface area (Å²) in [5, 5.41) is 14.1. The number of aliphatic hydroxyl groups excluding tert-OH is 1. The molecule has 1 N–H and O–H groups in total. The molecule has 0 saturated carbocycles. The van der Waals surface area contributed by atoms with Crippen molar-refractivity contribution in [1.82, 2.24) is 4.98 Å². The Hall–Kier alpha value is -3.27. The Bertz CT molecular complexity index is 1450. The second-order valence-corrected chi connectivity index (χ2v) is 7.42. The molecule has 0 amide bonds. The van der Waals surface area contributed by atoms with Gasteiger partial charge < -0.3 is 9.52 Å². The molecule has 0 atom stereocenters. The first-order valence-electron chi connectivity index (χ1n) is 10.00. The number of furan rings is 1. The van der Waals surface area contributed by atoms with Crippen molar-refractivity contribution in [3.8, 4) is 11.3 Å². The molecule has 0 fully saturated rings. The number of aromatic nitrogens is 1. The van der Waals surface area contributed by atoms with Crippen LogP contribution in [0.2, 0.25) is 0 Å². The molecule has 0 aliphatic heterocycles. The van der Waals surface area contributed by atoms with Crippen LogP contribution in [-0.2, 0) is 24.9 Å². The van der Waals surface area contributed by atoms with Crippen LogP contribution in [0.15, 0.2) is 83.1 Å². The van der Waals surface area contributed by atoms with Crippen LogP contribution in [0.3, 0.4) is 0 Å². The van der Waals surface area contributed by atoms with Crippen LogP contribution in [0.25, 0.3) is 43.8 Å². The van der Waals surface area contributed by atoms with E-state index in [1.165, 1.54) is 30.7 Å². The first-order valence-corrected chi connectivity index (χ1v) is 10.00. The van der Waals surface area contributed by atoms with Gasteiger partial charge in [-0.3, -0.25) is 9.78 Å². The van der Waals surface area contributed by atoms with Gasteiger partial charge in [-0.2, -0.15) is 0 Å². The smallest absolute Gasteiger partial charge is 0.155 e. The molecule has 0 aliphatic rings. The normalized spacial score (nSPS) is 11.2. The van der Waals surface area contributed by atoms with Crippen LogP contribution in [0.5, 0.6) is 0 Å². The zero-order valence-corrected chi connectivity index (χ0v) is 20.4. The third-order valence-corrected chi connectivity index (χ3v) is 4.89. The van der Waals surface area contributed by atoms with Gasteiger partial charge in [0.2, 0.25) is 0 Å². The minimum atomic E-state index is -0.125. The van der Waals surface area contributed by atoms with E-state index < -0.39 is 0 Å². The van der Waals surface area contributed by atoms with Crippen molar-refractivity contribution < 1.29 is 34.4 Å². The van der Waals surface area contributed by atoms with E-state index in [1.54, 1.807) is 6.20 Å². The summed E-state index contributed by atoms with van der Waals surface area (Å²) in [7, 11) is 0. The molecular weight excluding hydrogens is 579 g/mol. The predicted molar refractivity (Wildman–Crippen MR) is 125 cm³/mol. The van der Waals surface area contributed by atoms with Crippen molar-refractivity contribution in [3.05, 3.63) is 90.5 Å². The SMILES string of the molecule is CC(=O)/C=C(/C)O.Cc1cc2c(-c3[c-]c4ccccc4c4ccccc34)nccc2o1.[Ir]. The number of fused-ring (bicyclic) bond motifs is 4. The maximum Gasteiger partial charge on any atom is 0.155 e. The van der Waals surface area contributed by atoms with Gasteiger partial charge in [0, 0.05) is 43.5 Å². The number of allylic oxidation sites excluding steroid dienone is 2. The van der Waals surface area contributed by atoms with Crippen molar-refractivity contribution >= 4 is 38.3 Å². The van der Waals surface area contributed by atoms with Crippen molar-refractivity contribution in [2.75, 3.05) is 0 Å². The van der Waals surface area contributed by atoms with Gasteiger partial charge in [0.15, 0.2) is 5.78 Å². The number of carbonyl (C=O) groups is 1. The zero-order chi connectivity index (χ0) is 22.0. The number of aliphatic hydroxyl groups is 1. The average molecular weight is 601 g/mol. The summed E-state index contributed by atoms with van der Waals surface area (Å²) in [6.07, 6.45) is 2.97. The number of ketones is 1. The van der Waals surface area contributed by atoms with E-state index in [1.807, 2.05) is 19.1 Å². The van der Waals surface area contributed by atoms with Crippen molar-refractivity contribution in [2.45, 2.75) is 20.8 Å². The Morgan fingerprint density at radius 1 is 0.969 bits per heavy atom. The maximum atomic E-state index is 10.0. The summed E-state index contributed by atoms with van der Waals surface area (Å²) in [5.74, 6) is 0.830. The molecule has 163 valence electrons. The van der Waals surface area contributed by atoms with Crippen molar-refractivity contribution in [3.63, 3.8) is 0 Å². The first kappa shape index (κ1) is 23.4. The van der Waals surface area contributed by atoms with E-state index in [4.69, 9.17) is 9.52 Å². The minimum Gasteiger partial charge on any atom is -0.512 e. The van der Waals surface area contributed by atoms with E-state index in [9.17, 15) is 4.79 Å². The molecule has 4 nitrogen and oxygen atoms in total. The van der Waals surface area contributed by atoms with E-state index in [0.717, 1.165) is 38.8 Å². The van der Waals surface area contributed by atoms with Gasteiger partial charge in [0.1, 0.15) is 11.3 Å². The van der Waals surface area contributed by atoms with E-state index >= 15 is 0 Å². The fraction of sp³-hybridized carbons (Fsp3) is 0.111. The molecule has 1 radical (unpaired) electrons. The Morgan fingerprint density at radius 2 is 1.62 bits per heavy atom. The number of hydrogen-bond donors (Lipinski definition) is 1. The number of rotatable bonds is 2. The molecular formula is C27H22IrNO3-. The Kier molecular flexibility index (Phi) is 7.24. The maximum absolute atomic E-state index is 10.0. The van der Waals surface area contributed by atoms with Gasteiger partial charge in [-0.05, 0) is 32.9 Å². The number of aryl methyl sites for hydroxylation is 1. The van der Waals surface area contributed by atoms with Crippen LogP contribution in [-0.4, -0.2) is 15.9 Å². The molecule has 0 spiro atoms. The third-order valence-electron chi connectivity index (χ3n) is 4.89. The molecule has 0 unspecified atom stereocenters. The molecule has 2 heterocycles. The van der Waals surface area contributed by atoms with Crippen LogP contribution in [0.4, 0.5) is 0 Å². The van der Waals surface area contributed by atoms with Crippen molar-refractivity contribution in [2.24, 2.45) is 0 Å². The molecule has 32 heavy (non-hydrogen) atoms. The summed E-state index contributed by atoms with van der Waals surface area (Å²) in [4.78, 5) is 14.7. The van der Waals surface area contributed by atoms with Gasteiger partial charge >= 0.3 is 0 Å². The van der Waals surface area contributed by atoms with Gasteiger partial charge in [0.25, 0.3) is 0 Å². The second-order valence-electron chi connectivity index (χ2n) is 7.42. The molecule has 0 bridgehead atoms. The standard InChI is InChI=1S/C22H14NO.C5H8O2.Ir/c1-14-12-20-21(24-14)10-11-23-22(20)19-13-15-6-2-3-7-16(15)17-8-4-5-9-18(17)19;1-4(6)3-5(2)7;/h2-12H,1H3;3,6H,1-2H3;/q-1;;/b;4-3-;. The largest absolute Gasteiger partial charge is 0.512 e. The van der Waals surface area contributed by atoms with Gasteiger partial charge in [-0.15, -0.1) is 17.5 Å². The molecule has 0 saturated heterocycles. The number of hydrogen-bond acceptors (Lipinski definition) is 4. The zero-order valence-electron chi connectivity index (χ0n) is 18.0. The molecule has 3 aromatic carbocycles. The van der Waals surface area contributed by atoms with Gasteiger partial charge in [-0.1, -0.05) is 64.2 Å². The number of pyridine rings is 1. The minimum absolute atomic E-state index is 0.